The van der Waals surface area contributed by atoms with Gasteiger partial charge in [-0.3, -0.25) is 9.59 Å². The van der Waals surface area contributed by atoms with Crippen LogP contribution in [0.2, 0.25) is 0 Å². The first-order valence-electron chi connectivity index (χ1n) is 6.96. The summed E-state index contributed by atoms with van der Waals surface area (Å²) in [4.78, 5) is 36.4. The number of nitrogens with zero attached hydrogens (tertiary/aromatic N) is 1. The highest BCUT2D eigenvalue weighted by molar-refractivity contribution is 8.01. The highest BCUT2D eigenvalue weighted by Gasteiger charge is 2.52. The fraction of sp³-hybridized carbons (Fsp3) is 0.500. The van der Waals surface area contributed by atoms with Gasteiger partial charge in [-0.15, -0.1) is 11.8 Å². The van der Waals surface area contributed by atoms with E-state index in [1.54, 1.807) is 16.7 Å². The molecule has 0 saturated carbocycles. The van der Waals surface area contributed by atoms with Crippen LogP contribution in [0, 0.1) is 0 Å². The van der Waals surface area contributed by atoms with E-state index in [0.717, 1.165) is 6.42 Å². The van der Waals surface area contributed by atoms with Gasteiger partial charge in [-0.05, 0) is 25.5 Å². The Morgan fingerprint density at radius 2 is 2.32 bits per heavy atom. The van der Waals surface area contributed by atoms with E-state index in [4.69, 9.17) is 9.52 Å². The van der Waals surface area contributed by atoms with Gasteiger partial charge in [-0.25, -0.2) is 4.79 Å². The minimum Gasteiger partial charge on any atom is -0.475 e. The lowest BCUT2D eigenvalue weighted by molar-refractivity contribution is -0.138. The largest absolute Gasteiger partial charge is 0.475 e. The average molecular weight is 324 g/mol. The van der Waals surface area contributed by atoms with Crippen molar-refractivity contribution in [2.45, 2.75) is 37.2 Å². The van der Waals surface area contributed by atoms with E-state index in [0.29, 0.717) is 17.9 Å². The third kappa shape index (κ3) is 2.47. The van der Waals surface area contributed by atoms with Gasteiger partial charge in [-0.2, -0.15) is 0 Å². The van der Waals surface area contributed by atoms with Crippen molar-refractivity contribution in [3.05, 3.63) is 23.7 Å². The van der Waals surface area contributed by atoms with Crippen molar-refractivity contribution >= 4 is 29.5 Å². The Morgan fingerprint density at radius 1 is 1.55 bits per heavy atom. The van der Waals surface area contributed by atoms with E-state index < -0.39 is 12.0 Å². The molecule has 118 valence electrons. The predicted octanol–water partition coefficient (Wildman–Crippen LogP) is 1.05. The molecule has 0 radical (unpaired) electrons. The van der Waals surface area contributed by atoms with Crippen molar-refractivity contribution in [1.29, 1.82) is 0 Å². The summed E-state index contributed by atoms with van der Waals surface area (Å²) in [5.74, 6) is -0.594. The van der Waals surface area contributed by atoms with Crippen LogP contribution in [0.3, 0.4) is 0 Å². The molecule has 2 N–H and O–H groups in total. The van der Waals surface area contributed by atoms with Gasteiger partial charge in [-0.1, -0.05) is 0 Å². The van der Waals surface area contributed by atoms with Gasteiger partial charge in [0.05, 0.1) is 11.4 Å². The van der Waals surface area contributed by atoms with Crippen LogP contribution in [0.5, 0.6) is 0 Å². The van der Waals surface area contributed by atoms with Crippen LogP contribution in [-0.4, -0.2) is 44.5 Å². The van der Waals surface area contributed by atoms with E-state index in [1.807, 2.05) is 6.92 Å². The molecule has 2 aliphatic heterocycles. The van der Waals surface area contributed by atoms with Gasteiger partial charge >= 0.3 is 5.97 Å². The predicted molar refractivity (Wildman–Crippen MR) is 78.2 cm³/mol. The van der Waals surface area contributed by atoms with E-state index in [9.17, 15) is 14.4 Å². The lowest BCUT2D eigenvalue weighted by Crippen LogP contribution is -2.49. The Balaban J connectivity index is 1.62. The Morgan fingerprint density at radius 3 is 3.00 bits per heavy atom. The van der Waals surface area contributed by atoms with E-state index in [-0.39, 0.29) is 29.0 Å². The molecule has 0 unspecified atom stereocenters. The minimum atomic E-state index is -1.15. The van der Waals surface area contributed by atoms with E-state index in [1.165, 1.54) is 12.1 Å². The SMILES string of the molecule is C[C@]12CCC(=O)N1[C@H](C(=O)NCc1ccc(C(=O)O)o1)CS2. The molecule has 0 bridgehead atoms. The van der Waals surface area contributed by atoms with Crippen molar-refractivity contribution < 1.29 is 23.9 Å². The number of furan rings is 1. The maximum atomic E-state index is 12.3. The molecule has 8 heteroatoms. The van der Waals surface area contributed by atoms with Crippen molar-refractivity contribution in [3.8, 4) is 0 Å². The number of carbonyl (C=O) groups excluding carboxylic acids is 2. The van der Waals surface area contributed by atoms with Crippen LogP contribution in [0.15, 0.2) is 16.5 Å². The van der Waals surface area contributed by atoms with Gasteiger partial charge in [0.2, 0.25) is 17.6 Å². The van der Waals surface area contributed by atoms with Gasteiger partial charge in [0.25, 0.3) is 0 Å². The maximum absolute atomic E-state index is 12.3. The summed E-state index contributed by atoms with van der Waals surface area (Å²) in [7, 11) is 0. The van der Waals surface area contributed by atoms with Crippen molar-refractivity contribution in [2.75, 3.05) is 5.75 Å². The third-order valence-electron chi connectivity index (χ3n) is 4.06. The summed E-state index contributed by atoms with van der Waals surface area (Å²) in [5.41, 5.74) is 0. The average Bonchev–Trinajstić information content (AvgIpc) is 3.13. The monoisotopic (exact) mass is 324 g/mol. The number of carboxylic acids is 1. The number of hydrogen-bond donors (Lipinski definition) is 2. The van der Waals surface area contributed by atoms with Gasteiger partial charge in [0.15, 0.2) is 0 Å². The van der Waals surface area contributed by atoms with E-state index in [2.05, 4.69) is 5.32 Å². The zero-order valence-electron chi connectivity index (χ0n) is 12.0. The molecule has 7 nitrogen and oxygen atoms in total. The molecule has 2 atom stereocenters. The molecular weight excluding hydrogens is 308 g/mol. The van der Waals surface area contributed by atoms with Crippen molar-refractivity contribution in [3.63, 3.8) is 0 Å². The summed E-state index contributed by atoms with van der Waals surface area (Å²) in [5, 5.41) is 11.5. The van der Waals surface area contributed by atoms with Crippen LogP contribution in [0.25, 0.3) is 0 Å². The second-order valence-electron chi connectivity index (χ2n) is 5.55. The topological polar surface area (TPSA) is 99.9 Å². The number of hydrogen-bond acceptors (Lipinski definition) is 5. The highest BCUT2D eigenvalue weighted by atomic mass is 32.2. The number of aromatic carboxylic acids is 1. The summed E-state index contributed by atoms with van der Waals surface area (Å²) in [6, 6.07) is 2.38. The third-order valence-corrected chi connectivity index (χ3v) is 5.56. The first-order valence-corrected chi connectivity index (χ1v) is 7.95. The molecule has 2 aliphatic rings. The Kier molecular flexibility index (Phi) is 3.64. The maximum Gasteiger partial charge on any atom is 0.371 e. The lowest BCUT2D eigenvalue weighted by Gasteiger charge is -2.29. The molecule has 22 heavy (non-hydrogen) atoms. The molecule has 3 heterocycles. The fourth-order valence-corrected chi connectivity index (χ4v) is 4.33. The quantitative estimate of drug-likeness (QED) is 0.858. The molecule has 2 fully saturated rings. The van der Waals surface area contributed by atoms with Crippen LogP contribution in [0.4, 0.5) is 0 Å². The van der Waals surface area contributed by atoms with Crippen LogP contribution < -0.4 is 5.32 Å². The Bertz CT molecular complexity index is 643. The Hall–Kier alpha value is -1.96. The molecule has 0 spiro atoms. The number of nitrogens with one attached hydrogen (secondary N) is 1. The van der Waals surface area contributed by atoms with Gasteiger partial charge in [0.1, 0.15) is 11.8 Å². The lowest BCUT2D eigenvalue weighted by atomic mass is 10.2. The van der Waals surface area contributed by atoms with Gasteiger partial charge < -0.3 is 19.7 Å². The van der Waals surface area contributed by atoms with Gasteiger partial charge in [0, 0.05) is 12.2 Å². The molecule has 3 rings (SSSR count). The van der Waals surface area contributed by atoms with Crippen molar-refractivity contribution in [1.82, 2.24) is 10.2 Å². The number of amides is 2. The molecule has 0 aliphatic carbocycles. The summed E-state index contributed by atoms with van der Waals surface area (Å²) < 4.78 is 5.09. The summed E-state index contributed by atoms with van der Waals surface area (Å²) >= 11 is 1.63. The number of thioether (sulfide) groups is 1. The molecule has 2 saturated heterocycles. The van der Waals surface area contributed by atoms with Crippen LogP contribution >= 0.6 is 11.8 Å². The number of fused-ring (bicyclic) bond motifs is 1. The first kappa shape index (κ1) is 15.0. The second kappa shape index (κ2) is 5.35. The molecular formula is C14H16N2O5S. The molecule has 2 amide bonds. The highest BCUT2D eigenvalue weighted by Crippen LogP contribution is 2.47. The summed E-state index contributed by atoms with van der Waals surface area (Å²) in [6.07, 6.45) is 1.24. The van der Waals surface area contributed by atoms with E-state index >= 15 is 0 Å². The fourth-order valence-electron chi connectivity index (χ4n) is 2.89. The molecule has 1 aromatic heterocycles. The summed E-state index contributed by atoms with van der Waals surface area (Å²) in [6.45, 7) is 2.09. The zero-order chi connectivity index (χ0) is 15.9. The smallest absolute Gasteiger partial charge is 0.371 e. The number of carboxylic acid groups (broad SMARTS) is 1. The van der Waals surface area contributed by atoms with Crippen LogP contribution in [-0.2, 0) is 16.1 Å². The molecule has 1 aromatic rings. The second-order valence-corrected chi connectivity index (χ2v) is 7.06. The van der Waals surface area contributed by atoms with Crippen molar-refractivity contribution in [2.24, 2.45) is 0 Å². The minimum absolute atomic E-state index is 0.0128. The standard InChI is InChI=1S/C14H16N2O5S/c1-14-5-4-11(17)16(14)9(7-22-14)12(18)15-6-8-2-3-10(21-8)13(19)20/h2-3,9H,4-7H2,1H3,(H,15,18)(H,19,20)/t9-,14-/m0/s1. The molecule has 0 aromatic carbocycles. The Labute approximate surface area is 131 Å². The number of carbonyl (C=O) groups is 3. The number of rotatable bonds is 4. The van der Waals surface area contributed by atoms with Crippen LogP contribution in [0.1, 0.15) is 36.1 Å². The first-order chi connectivity index (χ1) is 10.4. The zero-order valence-corrected chi connectivity index (χ0v) is 12.8. The normalized spacial score (nSPS) is 27.0.